The summed E-state index contributed by atoms with van der Waals surface area (Å²) in [7, 11) is 1.62. The van der Waals surface area contributed by atoms with Crippen LogP contribution >= 0.6 is 0 Å². The number of halogens is 1. The van der Waals surface area contributed by atoms with Crippen LogP contribution in [0.1, 0.15) is 61.5 Å². The molecule has 2 saturated carbocycles. The SMILES string of the molecule is COc1ccc(F)c([C@H]2CC[C@H](COc3cccc(C(CO)C4CC4)c3)CC2)c1. The highest BCUT2D eigenvalue weighted by Crippen LogP contribution is 2.43. The minimum absolute atomic E-state index is 0.128. The van der Waals surface area contributed by atoms with Crippen LogP contribution < -0.4 is 9.47 Å². The number of rotatable bonds is 8. The molecular weight excluding hydrogens is 367 g/mol. The van der Waals surface area contributed by atoms with Crippen LogP contribution in [0.15, 0.2) is 42.5 Å². The Labute approximate surface area is 172 Å². The van der Waals surface area contributed by atoms with Crippen LogP contribution in [0.5, 0.6) is 11.5 Å². The second-order valence-electron chi connectivity index (χ2n) is 8.62. The molecule has 1 N–H and O–H groups in total. The fourth-order valence-corrected chi connectivity index (χ4v) is 4.68. The molecule has 2 aliphatic carbocycles. The molecule has 4 rings (SSSR count). The lowest BCUT2D eigenvalue weighted by molar-refractivity contribution is 0.198. The van der Waals surface area contributed by atoms with Gasteiger partial charge in [-0.2, -0.15) is 0 Å². The largest absolute Gasteiger partial charge is 0.497 e. The average molecular weight is 399 g/mol. The van der Waals surface area contributed by atoms with Crippen molar-refractivity contribution in [3.63, 3.8) is 0 Å². The van der Waals surface area contributed by atoms with E-state index in [9.17, 15) is 9.50 Å². The molecule has 2 fully saturated rings. The Morgan fingerprint density at radius 3 is 2.48 bits per heavy atom. The van der Waals surface area contributed by atoms with E-state index in [1.807, 2.05) is 18.2 Å². The highest BCUT2D eigenvalue weighted by molar-refractivity contribution is 5.33. The zero-order chi connectivity index (χ0) is 20.2. The third-order valence-electron chi connectivity index (χ3n) is 6.65. The van der Waals surface area contributed by atoms with Gasteiger partial charge in [-0.1, -0.05) is 12.1 Å². The molecule has 0 saturated heterocycles. The highest BCUT2D eigenvalue weighted by Gasteiger charge is 2.32. The van der Waals surface area contributed by atoms with Crippen LogP contribution in [-0.2, 0) is 0 Å². The number of aliphatic hydroxyl groups excluding tert-OH is 1. The van der Waals surface area contributed by atoms with Crippen LogP contribution in [0.4, 0.5) is 4.39 Å². The summed E-state index contributed by atoms with van der Waals surface area (Å²) >= 11 is 0. The second-order valence-corrected chi connectivity index (χ2v) is 8.62. The van der Waals surface area contributed by atoms with E-state index in [1.54, 1.807) is 13.2 Å². The standard InChI is InChI=1S/C25H31FO3/c1-28-21-11-12-25(26)23(14-21)18-7-5-17(6-8-18)16-29-22-4-2-3-20(13-22)24(15-27)19-9-10-19/h2-4,11-14,17-19,24,27H,5-10,15-16H2,1H3/t17-,18-,24?. The number of methoxy groups -OCH3 is 1. The fourth-order valence-electron chi connectivity index (χ4n) is 4.68. The Morgan fingerprint density at radius 1 is 1.00 bits per heavy atom. The van der Waals surface area contributed by atoms with Crippen LogP contribution in [-0.4, -0.2) is 25.4 Å². The quantitative estimate of drug-likeness (QED) is 0.622. The van der Waals surface area contributed by atoms with Gasteiger partial charge in [-0.3, -0.25) is 0 Å². The molecule has 3 nitrogen and oxygen atoms in total. The molecule has 0 aliphatic heterocycles. The first kappa shape index (κ1) is 20.2. The van der Waals surface area contributed by atoms with Crippen molar-refractivity contribution in [1.82, 2.24) is 0 Å². The first-order valence-corrected chi connectivity index (χ1v) is 10.8. The molecule has 2 aliphatic rings. The first-order valence-electron chi connectivity index (χ1n) is 10.8. The molecule has 29 heavy (non-hydrogen) atoms. The summed E-state index contributed by atoms with van der Waals surface area (Å²) in [5.74, 6) is 3.11. The van der Waals surface area contributed by atoms with Gasteiger partial charge >= 0.3 is 0 Å². The number of aliphatic hydroxyl groups is 1. The summed E-state index contributed by atoms with van der Waals surface area (Å²) in [5.41, 5.74) is 1.97. The summed E-state index contributed by atoms with van der Waals surface area (Å²) in [6, 6.07) is 13.3. The predicted molar refractivity (Wildman–Crippen MR) is 112 cm³/mol. The van der Waals surface area contributed by atoms with E-state index >= 15 is 0 Å². The van der Waals surface area contributed by atoms with E-state index in [0.717, 1.165) is 42.7 Å². The van der Waals surface area contributed by atoms with Crippen molar-refractivity contribution in [1.29, 1.82) is 0 Å². The molecule has 1 atom stereocenters. The molecule has 0 spiro atoms. The summed E-state index contributed by atoms with van der Waals surface area (Å²) in [6.07, 6.45) is 6.48. The highest BCUT2D eigenvalue weighted by atomic mass is 19.1. The van der Waals surface area contributed by atoms with Crippen LogP contribution in [0.3, 0.4) is 0 Å². The second kappa shape index (κ2) is 9.17. The Morgan fingerprint density at radius 2 is 1.79 bits per heavy atom. The molecule has 0 aromatic heterocycles. The van der Waals surface area contributed by atoms with Gasteiger partial charge in [0.25, 0.3) is 0 Å². The Bertz CT molecular complexity index is 809. The van der Waals surface area contributed by atoms with Crippen molar-refractivity contribution in [3.05, 3.63) is 59.4 Å². The van der Waals surface area contributed by atoms with Crippen molar-refractivity contribution in [2.45, 2.75) is 50.4 Å². The van der Waals surface area contributed by atoms with Crippen molar-refractivity contribution in [3.8, 4) is 11.5 Å². The normalized spacial score (nSPS) is 22.9. The minimum atomic E-state index is -0.128. The Kier molecular flexibility index (Phi) is 6.39. The van der Waals surface area contributed by atoms with Gasteiger partial charge in [0.2, 0.25) is 0 Å². The summed E-state index contributed by atoms with van der Waals surface area (Å²) in [4.78, 5) is 0. The van der Waals surface area contributed by atoms with Crippen LogP contribution in [0, 0.1) is 17.7 Å². The van der Waals surface area contributed by atoms with Gasteiger partial charge in [-0.25, -0.2) is 4.39 Å². The molecule has 0 radical (unpaired) electrons. The van der Waals surface area contributed by atoms with E-state index in [-0.39, 0.29) is 24.3 Å². The lowest BCUT2D eigenvalue weighted by Gasteiger charge is -2.29. The molecule has 0 amide bonds. The molecule has 4 heteroatoms. The van der Waals surface area contributed by atoms with Crippen molar-refractivity contribution in [2.75, 3.05) is 20.3 Å². The van der Waals surface area contributed by atoms with Gasteiger partial charge in [0.05, 0.1) is 20.3 Å². The van der Waals surface area contributed by atoms with E-state index in [4.69, 9.17) is 9.47 Å². The average Bonchev–Trinajstić information content (AvgIpc) is 3.59. The maximum Gasteiger partial charge on any atom is 0.126 e. The number of ether oxygens (including phenoxy) is 2. The van der Waals surface area contributed by atoms with Gasteiger partial charge in [-0.15, -0.1) is 0 Å². The molecule has 2 aromatic carbocycles. The third kappa shape index (κ3) is 4.92. The van der Waals surface area contributed by atoms with Gasteiger partial charge in [0, 0.05) is 5.92 Å². The van der Waals surface area contributed by atoms with E-state index in [2.05, 4.69) is 12.1 Å². The van der Waals surface area contributed by atoms with Crippen molar-refractivity contribution < 1.29 is 19.0 Å². The van der Waals surface area contributed by atoms with Gasteiger partial charge < -0.3 is 14.6 Å². The maximum absolute atomic E-state index is 14.3. The summed E-state index contributed by atoms with van der Waals surface area (Å²) in [5, 5.41) is 9.71. The number of hydrogen-bond acceptors (Lipinski definition) is 3. The number of hydrogen-bond donors (Lipinski definition) is 1. The Hall–Kier alpha value is -2.07. The van der Waals surface area contributed by atoms with Crippen LogP contribution in [0.25, 0.3) is 0 Å². The molecular formula is C25H31FO3. The van der Waals surface area contributed by atoms with Crippen molar-refractivity contribution in [2.24, 2.45) is 11.8 Å². The lowest BCUT2D eigenvalue weighted by atomic mass is 9.79. The van der Waals surface area contributed by atoms with Gasteiger partial charge in [0.1, 0.15) is 17.3 Å². The van der Waals surface area contributed by atoms with E-state index in [1.165, 1.54) is 24.5 Å². The number of benzene rings is 2. The smallest absolute Gasteiger partial charge is 0.126 e. The van der Waals surface area contributed by atoms with Crippen molar-refractivity contribution >= 4 is 0 Å². The maximum atomic E-state index is 14.3. The zero-order valence-electron chi connectivity index (χ0n) is 17.1. The lowest BCUT2D eigenvalue weighted by Crippen LogP contribution is -2.20. The van der Waals surface area contributed by atoms with E-state index in [0.29, 0.717) is 18.4 Å². The van der Waals surface area contributed by atoms with E-state index < -0.39 is 0 Å². The molecule has 2 aromatic rings. The molecule has 156 valence electrons. The van der Waals surface area contributed by atoms with Crippen LogP contribution in [0.2, 0.25) is 0 Å². The summed E-state index contributed by atoms with van der Waals surface area (Å²) in [6.45, 7) is 0.906. The summed E-state index contributed by atoms with van der Waals surface area (Å²) < 4.78 is 25.6. The predicted octanol–water partition coefficient (Wildman–Crippen LogP) is 5.67. The molecule has 0 bridgehead atoms. The first-order chi connectivity index (χ1) is 14.2. The minimum Gasteiger partial charge on any atom is -0.497 e. The van der Waals surface area contributed by atoms with Gasteiger partial charge in [-0.05, 0) is 97.7 Å². The monoisotopic (exact) mass is 398 g/mol. The fraction of sp³-hybridized carbons (Fsp3) is 0.520. The Balaban J connectivity index is 1.30. The molecule has 0 heterocycles. The molecule has 1 unspecified atom stereocenters. The van der Waals surface area contributed by atoms with Gasteiger partial charge in [0.15, 0.2) is 0 Å². The topological polar surface area (TPSA) is 38.7 Å². The zero-order valence-corrected chi connectivity index (χ0v) is 17.1. The third-order valence-corrected chi connectivity index (χ3v) is 6.65.